The van der Waals surface area contributed by atoms with E-state index in [1.807, 2.05) is 18.9 Å². The Morgan fingerprint density at radius 3 is 2.47 bits per heavy atom. The zero-order chi connectivity index (χ0) is 23.3. The number of aliphatic carboxylic acids is 1. The van der Waals surface area contributed by atoms with Gasteiger partial charge in [-0.15, -0.1) is 11.8 Å². The summed E-state index contributed by atoms with van der Waals surface area (Å²) < 4.78 is 0. The van der Waals surface area contributed by atoms with Gasteiger partial charge in [-0.2, -0.15) is 0 Å². The highest BCUT2D eigenvalue weighted by atomic mass is 32.2. The number of carbonyl (C=O) groups excluding carboxylic acids is 1. The summed E-state index contributed by atoms with van der Waals surface area (Å²) in [5.41, 5.74) is 5.73. The Kier molecular flexibility index (Phi) is 6.48. The average molecular weight is 466 g/mol. The molecule has 4 rings (SSSR count). The standard InChI is InChI=1S/C22H35N5O4S/c1-11-17-16(12(2)28)20(29)27(17)18(21(30)31)19(11)32-15-9-26(10-15)8-13-4-6-14(7-5-13)25(3)22(23)24/h11-17,28H,4-10H2,1-3H3,(H3,23,24)(H,30,31)/t11-,12-,13-,14+,16-,17-/m1/s1. The number of amides is 1. The third-order valence-electron chi connectivity index (χ3n) is 7.79. The smallest absolute Gasteiger partial charge is 0.353 e. The molecule has 4 aliphatic rings. The molecular weight excluding hydrogens is 430 g/mol. The normalized spacial score (nSPS) is 34.1. The number of aliphatic hydroxyl groups is 1. The van der Waals surface area contributed by atoms with Crippen molar-refractivity contribution in [1.29, 1.82) is 5.41 Å². The van der Waals surface area contributed by atoms with Gasteiger partial charge in [-0.1, -0.05) is 6.92 Å². The number of guanidine groups is 1. The highest BCUT2D eigenvalue weighted by Gasteiger charge is 2.60. The number of fused-ring (bicyclic) bond motifs is 1. The molecule has 0 aromatic rings. The fraction of sp³-hybridized carbons (Fsp3) is 0.773. The Bertz CT molecular complexity index is 819. The fourth-order valence-electron chi connectivity index (χ4n) is 5.88. The number of hydrogen-bond acceptors (Lipinski definition) is 6. The summed E-state index contributed by atoms with van der Waals surface area (Å²) in [4.78, 5) is 30.9. The van der Waals surface area contributed by atoms with Gasteiger partial charge < -0.3 is 30.6 Å². The highest BCUT2D eigenvalue weighted by Crippen LogP contribution is 2.52. The lowest BCUT2D eigenvalue weighted by atomic mass is 9.79. The number of rotatable bonds is 7. The molecule has 10 heteroatoms. The summed E-state index contributed by atoms with van der Waals surface area (Å²) in [5.74, 6) is -1.10. The second-order valence-electron chi connectivity index (χ2n) is 9.90. The number of nitrogens with one attached hydrogen (secondary N) is 1. The minimum atomic E-state index is -1.05. The van der Waals surface area contributed by atoms with Gasteiger partial charge in [0.2, 0.25) is 5.91 Å². The monoisotopic (exact) mass is 465 g/mol. The Labute approximate surface area is 193 Å². The molecule has 1 aliphatic carbocycles. The molecule has 0 bridgehead atoms. The van der Waals surface area contributed by atoms with Crippen LogP contribution in [0.2, 0.25) is 0 Å². The van der Waals surface area contributed by atoms with E-state index in [1.165, 1.54) is 4.90 Å². The van der Waals surface area contributed by atoms with Gasteiger partial charge >= 0.3 is 5.97 Å². The predicted octanol–water partition coefficient (Wildman–Crippen LogP) is 0.942. The fourth-order valence-corrected chi connectivity index (χ4v) is 7.46. The number of likely N-dealkylation sites (tertiary alicyclic amines) is 1. The first-order valence-electron chi connectivity index (χ1n) is 11.5. The first kappa shape index (κ1) is 23.4. The Balaban J connectivity index is 1.29. The minimum Gasteiger partial charge on any atom is -0.477 e. The minimum absolute atomic E-state index is 0.0639. The Morgan fingerprint density at radius 1 is 1.31 bits per heavy atom. The lowest BCUT2D eigenvalue weighted by Crippen LogP contribution is -2.63. The number of nitrogens with two attached hydrogens (primary N) is 1. The molecule has 0 radical (unpaired) electrons. The van der Waals surface area contributed by atoms with Crippen molar-refractivity contribution >= 4 is 29.6 Å². The van der Waals surface area contributed by atoms with Gasteiger partial charge in [-0.3, -0.25) is 10.2 Å². The zero-order valence-electron chi connectivity index (χ0n) is 19.0. The van der Waals surface area contributed by atoms with Crippen molar-refractivity contribution in [1.82, 2.24) is 14.7 Å². The van der Waals surface area contributed by atoms with Gasteiger partial charge in [-0.05, 0) is 38.5 Å². The maximum atomic E-state index is 12.5. The lowest BCUT2D eigenvalue weighted by Gasteiger charge is -2.46. The van der Waals surface area contributed by atoms with Gasteiger partial charge in [0.1, 0.15) is 5.70 Å². The summed E-state index contributed by atoms with van der Waals surface area (Å²) in [6, 6.07) is 0.128. The SMILES string of the molecule is C[C@@H](O)[C@H]1C(=O)N2C(C(=O)O)=C(SC3CN(C[C@H]4CC[C@@H](N(C)C(=N)N)CC4)C3)[C@H](C)[C@H]12. The second kappa shape index (κ2) is 8.87. The molecule has 32 heavy (non-hydrogen) atoms. The van der Waals surface area contributed by atoms with Crippen molar-refractivity contribution in [3.05, 3.63) is 10.6 Å². The van der Waals surface area contributed by atoms with E-state index in [9.17, 15) is 19.8 Å². The van der Waals surface area contributed by atoms with Crippen LogP contribution < -0.4 is 5.73 Å². The van der Waals surface area contributed by atoms with Gasteiger partial charge in [0, 0.05) is 48.8 Å². The quantitative estimate of drug-likeness (QED) is 0.248. The van der Waals surface area contributed by atoms with Crippen LogP contribution in [0.1, 0.15) is 39.5 Å². The first-order chi connectivity index (χ1) is 15.1. The van der Waals surface area contributed by atoms with Gasteiger partial charge in [0.05, 0.1) is 18.1 Å². The molecule has 4 atom stereocenters. The van der Waals surface area contributed by atoms with Gasteiger partial charge in [-0.25, -0.2) is 4.79 Å². The molecule has 3 aliphatic heterocycles. The number of hydrogen-bond donors (Lipinski definition) is 4. The molecule has 1 saturated carbocycles. The van der Waals surface area contributed by atoms with E-state index in [2.05, 4.69) is 4.90 Å². The average Bonchev–Trinajstić information content (AvgIpc) is 2.94. The summed E-state index contributed by atoms with van der Waals surface area (Å²) in [6.45, 7) is 6.50. The third kappa shape index (κ3) is 4.01. The predicted molar refractivity (Wildman–Crippen MR) is 123 cm³/mol. The number of nitrogens with zero attached hydrogens (tertiary/aromatic N) is 3. The molecule has 0 unspecified atom stereocenters. The van der Waals surface area contributed by atoms with E-state index >= 15 is 0 Å². The molecule has 0 aromatic carbocycles. The van der Waals surface area contributed by atoms with Crippen molar-refractivity contribution in [2.45, 2.75) is 63.0 Å². The first-order valence-corrected chi connectivity index (χ1v) is 12.4. The Morgan fingerprint density at radius 2 is 1.94 bits per heavy atom. The molecule has 1 amide bonds. The maximum Gasteiger partial charge on any atom is 0.353 e. The van der Waals surface area contributed by atoms with Crippen LogP contribution in [0.15, 0.2) is 10.6 Å². The number of carboxylic acid groups (broad SMARTS) is 1. The highest BCUT2D eigenvalue weighted by molar-refractivity contribution is 8.03. The topological polar surface area (TPSA) is 134 Å². The molecule has 5 N–H and O–H groups in total. The van der Waals surface area contributed by atoms with Crippen LogP contribution >= 0.6 is 11.8 Å². The van der Waals surface area contributed by atoms with Crippen molar-refractivity contribution in [3.63, 3.8) is 0 Å². The molecule has 3 heterocycles. The van der Waals surface area contributed by atoms with Crippen LogP contribution in [0.4, 0.5) is 0 Å². The van der Waals surface area contributed by atoms with E-state index in [4.69, 9.17) is 11.1 Å². The number of carbonyl (C=O) groups is 2. The molecule has 178 valence electrons. The van der Waals surface area contributed by atoms with Crippen molar-refractivity contribution in [2.75, 3.05) is 26.7 Å². The third-order valence-corrected chi connectivity index (χ3v) is 9.24. The van der Waals surface area contributed by atoms with Crippen LogP contribution in [-0.4, -0.2) is 92.9 Å². The van der Waals surface area contributed by atoms with Crippen molar-refractivity contribution in [3.8, 4) is 0 Å². The lowest BCUT2D eigenvalue weighted by molar-refractivity contribution is -0.163. The molecule has 0 aromatic heterocycles. The van der Waals surface area contributed by atoms with E-state index in [-0.39, 0.29) is 29.5 Å². The maximum absolute atomic E-state index is 12.5. The molecule has 9 nitrogen and oxygen atoms in total. The van der Waals surface area contributed by atoms with Gasteiger partial charge in [0.15, 0.2) is 5.96 Å². The van der Waals surface area contributed by atoms with E-state index in [0.717, 1.165) is 50.2 Å². The number of thioether (sulfide) groups is 1. The van der Waals surface area contributed by atoms with Crippen molar-refractivity contribution < 1.29 is 19.8 Å². The van der Waals surface area contributed by atoms with Crippen LogP contribution in [0.5, 0.6) is 0 Å². The Hall–Kier alpha value is -1.78. The second-order valence-corrected chi connectivity index (χ2v) is 11.2. The summed E-state index contributed by atoms with van der Waals surface area (Å²) in [7, 11) is 1.90. The number of aliphatic hydroxyl groups excluding tert-OH is 1. The van der Waals surface area contributed by atoms with Gasteiger partial charge in [0.25, 0.3) is 0 Å². The molecule has 0 spiro atoms. The number of β-lactam (4-membered cyclic amide) rings is 1. The van der Waals surface area contributed by atoms with Crippen LogP contribution in [0, 0.1) is 23.2 Å². The molecular formula is C22H35N5O4S. The van der Waals surface area contributed by atoms with Crippen LogP contribution in [0.3, 0.4) is 0 Å². The summed E-state index contributed by atoms with van der Waals surface area (Å²) in [5, 5.41) is 27.7. The summed E-state index contributed by atoms with van der Waals surface area (Å²) >= 11 is 1.61. The van der Waals surface area contributed by atoms with E-state index in [1.54, 1.807) is 18.7 Å². The molecule has 2 saturated heterocycles. The van der Waals surface area contributed by atoms with E-state index < -0.39 is 18.0 Å². The molecule has 3 fully saturated rings. The zero-order valence-corrected chi connectivity index (χ0v) is 19.8. The number of carboxylic acids is 1. The van der Waals surface area contributed by atoms with Crippen molar-refractivity contribution in [2.24, 2.45) is 23.5 Å². The summed E-state index contributed by atoms with van der Waals surface area (Å²) in [6.07, 6.45) is 3.64. The van der Waals surface area contributed by atoms with E-state index in [0.29, 0.717) is 17.2 Å². The van der Waals surface area contributed by atoms with Crippen LogP contribution in [-0.2, 0) is 9.59 Å². The largest absolute Gasteiger partial charge is 0.477 e. The van der Waals surface area contributed by atoms with Crippen LogP contribution in [0.25, 0.3) is 0 Å².